The second-order valence-corrected chi connectivity index (χ2v) is 8.72. The molecule has 0 aliphatic carbocycles. The third-order valence-electron chi connectivity index (χ3n) is 6.48. The van der Waals surface area contributed by atoms with E-state index >= 15 is 4.39 Å². The molecule has 1 aromatic carbocycles. The molecule has 5 heterocycles. The van der Waals surface area contributed by atoms with Crippen LogP contribution in [0.4, 0.5) is 21.7 Å². The average Bonchev–Trinajstić information content (AvgIpc) is 2.99. The number of nitrogens with zero attached hydrogens (tertiary/aromatic N) is 4. The summed E-state index contributed by atoms with van der Waals surface area (Å²) in [6.07, 6.45) is 4.37. The van der Waals surface area contributed by atoms with Crippen molar-refractivity contribution in [3.05, 3.63) is 59.4 Å². The Balaban J connectivity index is 1.35. The molecule has 0 bridgehead atoms. The highest BCUT2D eigenvalue weighted by Gasteiger charge is 2.18. The van der Waals surface area contributed by atoms with Gasteiger partial charge in [-0.3, -0.25) is 9.67 Å². The third-order valence-corrected chi connectivity index (χ3v) is 6.48. The van der Waals surface area contributed by atoms with Crippen molar-refractivity contribution in [1.29, 1.82) is 0 Å². The monoisotopic (exact) mass is 459 g/mol. The van der Waals surface area contributed by atoms with Gasteiger partial charge >= 0.3 is 0 Å². The molecule has 0 saturated heterocycles. The molecule has 3 N–H and O–H groups in total. The van der Waals surface area contributed by atoms with Crippen LogP contribution in [0.5, 0.6) is 0 Å². The Bertz CT molecular complexity index is 1360. The van der Waals surface area contributed by atoms with Crippen LogP contribution < -0.4 is 16.0 Å². The summed E-state index contributed by atoms with van der Waals surface area (Å²) in [7, 11) is 0. The molecule has 9 heteroatoms. The highest BCUT2D eigenvalue weighted by molar-refractivity contribution is 5.90. The van der Waals surface area contributed by atoms with Crippen molar-refractivity contribution in [2.75, 3.05) is 36.9 Å². The molecule has 6 rings (SSSR count). The fourth-order valence-electron chi connectivity index (χ4n) is 4.70. The van der Waals surface area contributed by atoms with E-state index in [0.29, 0.717) is 31.1 Å². The van der Waals surface area contributed by atoms with Gasteiger partial charge in [-0.2, -0.15) is 5.10 Å². The van der Waals surface area contributed by atoms with E-state index < -0.39 is 0 Å². The Labute approximate surface area is 196 Å². The van der Waals surface area contributed by atoms with Crippen LogP contribution in [0.2, 0.25) is 0 Å². The summed E-state index contributed by atoms with van der Waals surface area (Å²) in [4.78, 5) is 9.04. The number of hydrogen-bond donors (Lipinski definition) is 3. The quantitative estimate of drug-likeness (QED) is 0.430. The molecule has 0 saturated carbocycles. The Hall–Kier alpha value is -3.56. The van der Waals surface area contributed by atoms with Crippen molar-refractivity contribution >= 4 is 28.1 Å². The molecule has 0 atom stereocenters. The standard InChI is InChI=1S/C25H26FN7O/c1-15-20(13-29-22-14-34-7-5-28-25(15)22)19-8-16-10-23(30-12-17(16)9-21(19)26)31-24-11-18-2-3-27-4-6-33(18)32-24/h8-13,27-28H,2-7,14H2,1H3,(H,30,31,32). The number of fused-ring (bicyclic) bond motifs is 3. The van der Waals surface area contributed by atoms with Crippen LogP contribution in [0, 0.1) is 12.7 Å². The van der Waals surface area contributed by atoms with Crippen molar-refractivity contribution < 1.29 is 9.13 Å². The Kier molecular flexibility index (Phi) is 5.35. The maximum absolute atomic E-state index is 15.2. The van der Waals surface area contributed by atoms with E-state index in [4.69, 9.17) is 4.74 Å². The Morgan fingerprint density at radius 2 is 1.94 bits per heavy atom. The molecule has 3 aromatic heterocycles. The second-order valence-electron chi connectivity index (χ2n) is 8.72. The van der Waals surface area contributed by atoms with Crippen molar-refractivity contribution in [2.24, 2.45) is 0 Å². The third kappa shape index (κ3) is 3.86. The summed E-state index contributed by atoms with van der Waals surface area (Å²) in [5, 5.41) is 16.4. The molecular weight excluding hydrogens is 433 g/mol. The van der Waals surface area contributed by atoms with E-state index in [1.54, 1.807) is 12.4 Å². The van der Waals surface area contributed by atoms with Gasteiger partial charge in [-0.05, 0) is 36.1 Å². The molecule has 0 fully saturated rings. The van der Waals surface area contributed by atoms with Gasteiger partial charge in [0.25, 0.3) is 0 Å². The zero-order valence-corrected chi connectivity index (χ0v) is 19.0. The SMILES string of the molecule is Cc1c(-c2cc3cc(Nc4cc5n(n4)CCNCC5)ncc3cc2F)cnc2c1NCCOC2. The number of hydrogen-bond acceptors (Lipinski definition) is 7. The first kappa shape index (κ1) is 21.0. The van der Waals surface area contributed by atoms with Crippen LogP contribution in [-0.4, -0.2) is 46.0 Å². The lowest BCUT2D eigenvalue weighted by Gasteiger charge is -2.15. The van der Waals surface area contributed by atoms with Crippen molar-refractivity contribution in [1.82, 2.24) is 25.1 Å². The van der Waals surface area contributed by atoms with E-state index in [0.717, 1.165) is 65.2 Å². The highest BCUT2D eigenvalue weighted by Crippen LogP contribution is 2.35. The van der Waals surface area contributed by atoms with Gasteiger partial charge in [-0.15, -0.1) is 0 Å². The number of rotatable bonds is 3. The van der Waals surface area contributed by atoms with Gasteiger partial charge in [0.2, 0.25) is 0 Å². The largest absolute Gasteiger partial charge is 0.381 e. The molecule has 0 spiro atoms. The number of halogens is 1. The van der Waals surface area contributed by atoms with Gasteiger partial charge in [-0.25, -0.2) is 9.37 Å². The number of benzene rings is 1. The van der Waals surface area contributed by atoms with Gasteiger partial charge in [-0.1, -0.05) is 0 Å². The number of anilines is 3. The highest BCUT2D eigenvalue weighted by atomic mass is 19.1. The van der Waals surface area contributed by atoms with E-state index in [2.05, 4.69) is 37.1 Å². The molecule has 174 valence electrons. The van der Waals surface area contributed by atoms with Gasteiger partial charge < -0.3 is 20.7 Å². The lowest BCUT2D eigenvalue weighted by Crippen LogP contribution is -2.17. The van der Waals surface area contributed by atoms with Gasteiger partial charge in [0.15, 0.2) is 5.82 Å². The predicted molar refractivity (Wildman–Crippen MR) is 130 cm³/mol. The molecule has 8 nitrogen and oxygen atoms in total. The number of nitrogens with one attached hydrogen (secondary N) is 3. The van der Waals surface area contributed by atoms with Crippen LogP contribution in [0.3, 0.4) is 0 Å². The maximum Gasteiger partial charge on any atom is 0.153 e. The summed E-state index contributed by atoms with van der Waals surface area (Å²) in [6.45, 7) is 6.49. The number of aromatic nitrogens is 4. The Morgan fingerprint density at radius 3 is 2.88 bits per heavy atom. The molecule has 4 aromatic rings. The van der Waals surface area contributed by atoms with Crippen LogP contribution in [-0.2, 0) is 24.3 Å². The van der Waals surface area contributed by atoms with Gasteiger partial charge in [0.1, 0.15) is 11.6 Å². The maximum atomic E-state index is 15.2. The van der Waals surface area contributed by atoms with E-state index in [9.17, 15) is 0 Å². The minimum atomic E-state index is -0.295. The normalized spacial score (nSPS) is 15.7. The summed E-state index contributed by atoms with van der Waals surface area (Å²) in [5.41, 5.74) is 5.24. The summed E-state index contributed by atoms with van der Waals surface area (Å²) in [6, 6.07) is 7.41. The summed E-state index contributed by atoms with van der Waals surface area (Å²) >= 11 is 0. The molecular formula is C25H26FN7O. The van der Waals surface area contributed by atoms with Gasteiger partial charge in [0.05, 0.1) is 31.1 Å². The zero-order valence-electron chi connectivity index (χ0n) is 19.0. The van der Waals surface area contributed by atoms with Crippen LogP contribution in [0.15, 0.2) is 36.7 Å². The predicted octanol–water partition coefficient (Wildman–Crippen LogP) is 3.77. The first-order chi connectivity index (χ1) is 16.7. The zero-order chi connectivity index (χ0) is 23.1. The second kappa shape index (κ2) is 8.66. The van der Waals surface area contributed by atoms with Crippen molar-refractivity contribution in [2.45, 2.75) is 26.5 Å². The fourth-order valence-corrected chi connectivity index (χ4v) is 4.70. The van der Waals surface area contributed by atoms with E-state index in [1.165, 1.54) is 11.8 Å². The Morgan fingerprint density at radius 1 is 1.00 bits per heavy atom. The molecule has 0 unspecified atom stereocenters. The summed E-state index contributed by atoms with van der Waals surface area (Å²) < 4.78 is 22.8. The molecule has 2 aliphatic rings. The minimum Gasteiger partial charge on any atom is -0.381 e. The first-order valence-electron chi connectivity index (χ1n) is 11.6. The van der Waals surface area contributed by atoms with Crippen LogP contribution in [0.25, 0.3) is 21.9 Å². The first-order valence-corrected chi connectivity index (χ1v) is 11.6. The lowest BCUT2D eigenvalue weighted by molar-refractivity contribution is 0.132. The molecule has 34 heavy (non-hydrogen) atoms. The van der Waals surface area contributed by atoms with E-state index in [-0.39, 0.29) is 5.82 Å². The van der Waals surface area contributed by atoms with Crippen LogP contribution in [0.1, 0.15) is 17.0 Å². The van der Waals surface area contributed by atoms with E-state index in [1.807, 2.05) is 23.7 Å². The van der Waals surface area contributed by atoms with Crippen molar-refractivity contribution in [3.8, 4) is 11.1 Å². The topological polar surface area (TPSA) is 88.9 Å². The number of pyridine rings is 2. The summed E-state index contributed by atoms with van der Waals surface area (Å²) in [5.74, 6) is 1.15. The fraction of sp³-hybridized carbons (Fsp3) is 0.320. The average molecular weight is 460 g/mol. The molecule has 0 radical (unpaired) electrons. The van der Waals surface area contributed by atoms with Crippen LogP contribution >= 0.6 is 0 Å². The number of ether oxygens (including phenoxy) is 1. The molecule has 0 amide bonds. The van der Waals surface area contributed by atoms with Crippen molar-refractivity contribution in [3.63, 3.8) is 0 Å². The van der Waals surface area contributed by atoms with Gasteiger partial charge in [0, 0.05) is 66.7 Å². The molecule has 2 aliphatic heterocycles. The smallest absolute Gasteiger partial charge is 0.153 e. The minimum absolute atomic E-state index is 0.295. The lowest BCUT2D eigenvalue weighted by atomic mass is 9.97.